The first kappa shape index (κ1) is 18.9. The zero-order valence-electron chi connectivity index (χ0n) is 16.0. The summed E-state index contributed by atoms with van der Waals surface area (Å²) in [6.07, 6.45) is 3.28. The summed E-state index contributed by atoms with van der Waals surface area (Å²) in [7, 11) is 0. The molecule has 0 bridgehead atoms. The largest absolute Gasteiger partial charge is 0.398 e. The molecule has 144 valence electrons. The summed E-state index contributed by atoms with van der Waals surface area (Å²) in [5.74, 6) is 1.51. The number of nitrogens with two attached hydrogens (primary N) is 2. The minimum absolute atomic E-state index is 0.240. The zero-order valence-corrected chi connectivity index (χ0v) is 16.0. The van der Waals surface area contributed by atoms with Gasteiger partial charge in [-0.1, -0.05) is 19.4 Å². The second kappa shape index (κ2) is 8.24. The smallest absolute Gasteiger partial charge is 0.229 e. The number of carbonyl (C=O) groups excluding carboxylic acids is 1. The Kier molecular flexibility index (Phi) is 5.78. The third kappa shape index (κ3) is 4.87. The Labute approximate surface area is 160 Å². The van der Waals surface area contributed by atoms with Crippen LogP contribution in [0.1, 0.15) is 37.4 Å². The van der Waals surface area contributed by atoms with Crippen LogP contribution in [-0.2, 0) is 11.2 Å². The number of amides is 1. The molecule has 1 fully saturated rings. The number of aryl methyl sites for hydroxylation is 2. The first-order valence-corrected chi connectivity index (χ1v) is 9.49. The lowest BCUT2D eigenvalue weighted by molar-refractivity contribution is -0.118. The molecule has 5 N–H and O–H groups in total. The fourth-order valence-electron chi connectivity index (χ4n) is 3.42. The molecule has 0 aliphatic carbocycles. The SMILES string of the molecule is CCCc1cc(N2CCC(CC(N)=O)C2)nc(Nc2ccc(C)c(N)c2)n1. The van der Waals surface area contributed by atoms with Gasteiger partial charge in [0, 0.05) is 42.6 Å². The fraction of sp³-hybridized carbons (Fsp3) is 0.450. The van der Waals surface area contributed by atoms with Gasteiger partial charge in [0.2, 0.25) is 11.9 Å². The standard InChI is InChI=1S/C20H28N6O/c1-3-4-15-11-19(26-8-7-14(12-26)9-18(22)27)25-20(23-15)24-16-6-5-13(2)17(21)10-16/h5-6,10-11,14H,3-4,7-9,12,21H2,1-2H3,(H2,22,27)(H,23,24,25). The van der Waals surface area contributed by atoms with Crippen LogP contribution in [0.4, 0.5) is 23.1 Å². The number of nitrogens with zero attached hydrogens (tertiary/aromatic N) is 3. The van der Waals surface area contributed by atoms with E-state index in [1.165, 1.54) is 0 Å². The molecule has 0 spiro atoms. The van der Waals surface area contributed by atoms with E-state index in [4.69, 9.17) is 16.5 Å². The zero-order chi connectivity index (χ0) is 19.4. The summed E-state index contributed by atoms with van der Waals surface area (Å²) in [6, 6.07) is 7.89. The number of rotatable bonds is 7. The molecule has 3 rings (SSSR count). The van der Waals surface area contributed by atoms with Crippen molar-refractivity contribution in [3.8, 4) is 0 Å². The number of nitrogen functional groups attached to an aromatic ring is 1. The van der Waals surface area contributed by atoms with Crippen LogP contribution in [-0.4, -0.2) is 29.0 Å². The van der Waals surface area contributed by atoms with Gasteiger partial charge in [0.15, 0.2) is 0 Å². The minimum Gasteiger partial charge on any atom is -0.398 e. The number of hydrogen-bond donors (Lipinski definition) is 3. The van der Waals surface area contributed by atoms with Crippen LogP contribution in [0.5, 0.6) is 0 Å². The molecule has 1 aromatic heterocycles. The van der Waals surface area contributed by atoms with Gasteiger partial charge in [0.1, 0.15) is 5.82 Å². The lowest BCUT2D eigenvalue weighted by Gasteiger charge is -2.19. The third-order valence-corrected chi connectivity index (χ3v) is 4.91. The molecule has 1 aliphatic heterocycles. The Morgan fingerprint density at radius 1 is 1.33 bits per heavy atom. The number of primary amides is 1. The first-order chi connectivity index (χ1) is 12.9. The van der Waals surface area contributed by atoms with Gasteiger partial charge in [-0.3, -0.25) is 4.79 Å². The van der Waals surface area contributed by atoms with Gasteiger partial charge in [-0.15, -0.1) is 0 Å². The molecule has 0 radical (unpaired) electrons. The molecule has 1 unspecified atom stereocenters. The molecular weight excluding hydrogens is 340 g/mol. The Hall–Kier alpha value is -2.83. The summed E-state index contributed by atoms with van der Waals surface area (Å²) in [5.41, 5.74) is 15.0. The van der Waals surface area contributed by atoms with Crippen molar-refractivity contribution in [2.24, 2.45) is 11.7 Å². The summed E-state index contributed by atoms with van der Waals surface area (Å²) < 4.78 is 0. The maximum absolute atomic E-state index is 11.2. The topological polar surface area (TPSA) is 110 Å². The predicted octanol–water partition coefficient (Wildman–Crippen LogP) is 2.77. The van der Waals surface area contributed by atoms with Crippen molar-refractivity contribution in [3.05, 3.63) is 35.5 Å². The maximum atomic E-state index is 11.2. The fourth-order valence-corrected chi connectivity index (χ4v) is 3.42. The van der Waals surface area contributed by atoms with E-state index >= 15 is 0 Å². The third-order valence-electron chi connectivity index (χ3n) is 4.91. The van der Waals surface area contributed by atoms with Crippen molar-refractivity contribution in [2.75, 3.05) is 29.0 Å². The highest BCUT2D eigenvalue weighted by Crippen LogP contribution is 2.27. The van der Waals surface area contributed by atoms with Gasteiger partial charge < -0.3 is 21.7 Å². The normalized spacial score (nSPS) is 16.5. The summed E-state index contributed by atoms with van der Waals surface area (Å²) >= 11 is 0. The van der Waals surface area contributed by atoms with E-state index in [9.17, 15) is 4.79 Å². The van der Waals surface area contributed by atoms with Crippen LogP contribution < -0.4 is 21.7 Å². The Morgan fingerprint density at radius 3 is 2.85 bits per heavy atom. The highest BCUT2D eigenvalue weighted by molar-refractivity contribution is 5.74. The van der Waals surface area contributed by atoms with Gasteiger partial charge >= 0.3 is 0 Å². The molecular formula is C20H28N6O. The monoisotopic (exact) mass is 368 g/mol. The van der Waals surface area contributed by atoms with E-state index in [1.54, 1.807) is 0 Å². The van der Waals surface area contributed by atoms with Gasteiger partial charge in [-0.2, -0.15) is 4.98 Å². The van der Waals surface area contributed by atoms with E-state index in [-0.39, 0.29) is 5.91 Å². The summed E-state index contributed by atoms with van der Waals surface area (Å²) in [6.45, 7) is 5.78. The van der Waals surface area contributed by atoms with Crippen LogP contribution >= 0.6 is 0 Å². The molecule has 1 aromatic carbocycles. The predicted molar refractivity (Wildman–Crippen MR) is 109 cm³/mol. The molecule has 0 saturated carbocycles. The van der Waals surface area contributed by atoms with E-state index in [0.717, 1.165) is 60.8 Å². The van der Waals surface area contributed by atoms with Gasteiger partial charge in [0.05, 0.1) is 0 Å². The second-order valence-electron chi connectivity index (χ2n) is 7.26. The van der Waals surface area contributed by atoms with E-state index < -0.39 is 0 Å². The molecule has 1 aliphatic rings. The van der Waals surface area contributed by atoms with Crippen LogP contribution in [0.15, 0.2) is 24.3 Å². The van der Waals surface area contributed by atoms with Gasteiger partial charge in [0.25, 0.3) is 0 Å². The number of carbonyl (C=O) groups is 1. The highest BCUT2D eigenvalue weighted by atomic mass is 16.1. The van der Waals surface area contributed by atoms with Gasteiger partial charge in [-0.25, -0.2) is 4.98 Å². The van der Waals surface area contributed by atoms with Crippen molar-refractivity contribution >= 4 is 29.0 Å². The van der Waals surface area contributed by atoms with E-state index in [0.29, 0.717) is 18.3 Å². The number of anilines is 4. The summed E-state index contributed by atoms with van der Waals surface area (Å²) in [5, 5.41) is 3.28. The molecule has 27 heavy (non-hydrogen) atoms. The van der Waals surface area contributed by atoms with E-state index in [1.807, 2.05) is 31.2 Å². The van der Waals surface area contributed by atoms with Crippen LogP contribution in [0.25, 0.3) is 0 Å². The number of aromatic nitrogens is 2. The Morgan fingerprint density at radius 2 is 2.15 bits per heavy atom. The molecule has 2 heterocycles. The molecule has 7 heteroatoms. The van der Waals surface area contributed by atoms with Crippen molar-refractivity contribution in [1.82, 2.24) is 9.97 Å². The molecule has 7 nitrogen and oxygen atoms in total. The minimum atomic E-state index is -0.240. The second-order valence-corrected chi connectivity index (χ2v) is 7.26. The van der Waals surface area contributed by atoms with Gasteiger partial charge in [-0.05, 0) is 43.4 Å². The highest BCUT2D eigenvalue weighted by Gasteiger charge is 2.25. The van der Waals surface area contributed by atoms with Crippen molar-refractivity contribution in [3.63, 3.8) is 0 Å². The van der Waals surface area contributed by atoms with Crippen molar-refractivity contribution in [1.29, 1.82) is 0 Å². The van der Waals surface area contributed by atoms with Crippen LogP contribution in [0, 0.1) is 12.8 Å². The lowest BCUT2D eigenvalue weighted by Crippen LogP contribution is -2.23. The first-order valence-electron chi connectivity index (χ1n) is 9.49. The molecule has 1 saturated heterocycles. The Balaban J connectivity index is 1.82. The van der Waals surface area contributed by atoms with Crippen LogP contribution in [0.2, 0.25) is 0 Å². The molecule has 2 aromatic rings. The quantitative estimate of drug-likeness (QED) is 0.648. The molecule has 1 atom stereocenters. The number of hydrogen-bond acceptors (Lipinski definition) is 6. The Bertz CT molecular complexity index is 822. The number of nitrogens with one attached hydrogen (secondary N) is 1. The number of benzene rings is 1. The molecule has 1 amide bonds. The average Bonchev–Trinajstić information content (AvgIpc) is 3.06. The van der Waals surface area contributed by atoms with Crippen LogP contribution in [0.3, 0.4) is 0 Å². The van der Waals surface area contributed by atoms with E-state index in [2.05, 4.69) is 22.1 Å². The average molecular weight is 368 g/mol. The summed E-state index contributed by atoms with van der Waals surface area (Å²) in [4.78, 5) is 22.8. The lowest BCUT2D eigenvalue weighted by atomic mass is 10.1. The van der Waals surface area contributed by atoms with Crippen molar-refractivity contribution in [2.45, 2.75) is 39.5 Å². The van der Waals surface area contributed by atoms with Crippen molar-refractivity contribution < 1.29 is 4.79 Å². The maximum Gasteiger partial charge on any atom is 0.229 e.